The monoisotopic (exact) mass is 208 g/mol. The molecule has 0 aliphatic heterocycles. The summed E-state index contributed by atoms with van der Waals surface area (Å²) in [6.45, 7) is 0.326. The normalized spacial score (nSPS) is 23.2. The fourth-order valence-electron chi connectivity index (χ4n) is 1.69. The lowest BCUT2D eigenvalue weighted by atomic mass is 10.1. The number of phosphoric acid groups is 1. The Labute approximate surface area is 78.9 Å². The molecule has 0 aromatic heterocycles. The highest BCUT2D eigenvalue weighted by Gasteiger charge is 2.20. The van der Waals surface area contributed by atoms with Crippen molar-refractivity contribution in [2.75, 3.05) is 13.7 Å². The smallest absolute Gasteiger partial charge is 0.303 e. The van der Waals surface area contributed by atoms with Crippen molar-refractivity contribution >= 4 is 7.82 Å². The summed E-state index contributed by atoms with van der Waals surface area (Å²) in [7, 11) is -2.55. The van der Waals surface area contributed by atoms with Crippen LogP contribution in [-0.2, 0) is 13.6 Å². The maximum Gasteiger partial charge on any atom is 0.471 e. The van der Waals surface area contributed by atoms with Gasteiger partial charge in [-0.2, -0.15) is 0 Å². The molecular formula is C8H17O4P. The summed E-state index contributed by atoms with van der Waals surface area (Å²) < 4.78 is 19.9. The Hall–Kier alpha value is 0.110. The van der Waals surface area contributed by atoms with Gasteiger partial charge in [-0.3, -0.25) is 9.05 Å². The Balaban J connectivity index is 2.09. The topological polar surface area (TPSA) is 55.8 Å². The van der Waals surface area contributed by atoms with Gasteiger partial charge in [-0.1, -0.05) is 25.7 Å². The fraction of sp³-hybridized carbons (Fsp3) is 1.00. The van der Waals surface area contributed by atoms with E-state index in [9.17, 15) is 4.57 Å². The van der Waals surface area contributed by atoms with Crippen LogP contribution < -0.4 is 0 Å². The lowest BCUT2D eigenvalue weighted by molar-refractivity contribution is 0.164. The van der Waals surface area contributed by atoms with Crippen LogP contribution in [0.4, 0.5) is 0 Å². The van der Waals surface area contributed by atoms with Crippen molar-refractivity contribution in [2.45, 2.75) is 32.1 Å². The van der Waals surface area contributed by atoms with E-state index in [1.807, 2.05) is 0 Å². The van der Waals surface area contributed by atoms with Crippen molar-refractivity contribution in [3.8, 4) is 0 Å². The van der Waals surface area contributed by atoms with Crippen molar-refractivity contribution in [3.05, 3.63) is 0 Å². The van der Waals surface area contributed by atoms with E-state index in [2.05, 4.69) is 4.52 Å². The molecule has 0 aromatic carbocycles. The molecule has 0 bridgehead atoms. The van der Waals surface area contributed by atoms with E-state index in [0.29, 0.717) is 12.5 Å². The van der Waals surface area contributed by atoms with Gasteiger partial charge in [-0.25, -0.2) is 4.57 Å². The molecule has 1 saturated carbocycles. The lowest BCUT2D eigenvalue weighted by Crippen LogP contribution is -2.01. The maximum atomic E-state index is 10.9. The zero-order valence-electron chi connectivity index (χ0n) is 7.94. The molecule has 1 unspecified atom stereocenters. The molecule has 1 N–H and O–H groups in total. The standard InChI is InChI=1S/C8H17O4P/c1-11-13(9,10)12-7-6-8-4-2-3-5-8/h8H,2-7H2,1H3,(H,9,10). The average molecular weight is 208 g/mol. The van der Waals surface area contributed by atoms with Crippen LogP contribution in [0, 0.1) is 5.92 Å². The van der Waals surface area contributed by atoms with Crippen LogP contribution in [0.1, 0.15) is 32.1 Å². The largest absolute Gasteiger partial charge is 0.471 e. The first-order valence-corrected chi connectivity index (χ1v) is 6.16. The van der Waals surface area contributed by atoms with Crippen LogP contribution in [0.15, 0.2) is 0 Å². The van der Waals surface area contributed by atoms with E-state index in [4.69, 9.17) is 9.42 Å². The summed E-state index contributed by atoms with van der Waals surface area (Å²) >= 11 is 0. The van der Waals surface area contributed by atoms with E-state index < -0.39 is 7.82 Å². The highest BCUT2D eigenvalue weighted by atomic mass is 31.2. The summed E-state index contributed by atoms with van der Waals surface area (Å²) in [5.41, 5.74) is 0. The molecule has 13 heavy (non-hydrogen) atoms. The van der Waals surface area contributed by atoms with Crippen molar-refractivity contribution in [1.82, 2.24) is 0 Å². The molecule has 1 aliphatic rings. The summed E-state index contributed by atoms with van der Waals surface area (Å²) in [5.74, 6) is 0.678. The van der Waals surface area contributed by atoms with Gasteiger partial charge in [0.15, 0.2) is 0 Å². The molecule has 1 aliphatic carbocycles. The average Bonchev–Trinajstić information content (AvgIpc) is 2.57. The van der Waals surface area contributed by atoms with Crippen molar-refractivity contribution in [3.63, 3.8) is 0 Å². The molecule has 5 heteroatoms. The van der Waals surface area contributed by atoms with Gasteiger partial charge in [0.1, 0.15) is 0 Å². The minimum absolute atomic E-state index is 0.326. The van der Waals surface area contributed by atoms with Gasteiger partial charge in [0.25, 0.3) is 0 Å². The Morgan fingerprint density at radius 3 is 2.62 bits per heavy atom. The molecule has 78 valence electrons. The predicted octanol–water partition coefficient (Wildman–Crippen LogP) is 2.33. The number of hydrogen-bond donors (Lipinski definition) is 1. The third-order valence-corrected chi connectivity index (χ3v) is 3.46. The zero-order valence-corrected chi connectivity index (χ0v) is 8.83. The summed E-state index contributed by atoms with van der Waals surface area (Å²) in [6.07, 6.45) is 5.89. The second kappa shape index (κ2) is 5.11. The molecule has 4 nitrogen and oxygen atoms in total. The minimum Gasteiger partial charge on any atom is -0.303 e. The fourth-order valence-corrected chi connectivity index (χ4v) is 2.13. The van der Waals surface area contributed by atoms with E-state index in [-0.39, 0.29) is 0 Å². The Bertz CT molecular complexity index is 189. The summed E-state index contributed by atoms with van der Waals surface area (Å²) in [4.78, 5) is 8.91. The molecule has 0 heterocycles. The first-order chi connectivity index (χ1) is 6.14. The van der Waals surface area contributed by atoms with E-state index in [0.717, 1.165) is 6.42 Å². The molecule has 0 spiro atoms. The summed E-state index contributed by atoms with van der Waals surface area (Å²) in [5, 5.41) is 0. The SMILES string of the molecule is COP(=O)(O)OCCC1CCCC1. The molecule has 1 atom stereocenters. The zero-order chi connectivity index (χ0) is 9.73. The summed E-state index contributed by atoms with van der Waals surface area (Å²) in [6, 6.07) is 0. The van der Waals surface area contributed by atoms with Gasteiger partial charge in [-0.15, -0.1) is 0 Å². The molecule has 1 fully saturated rings. The van der Waals surface area contributed by atoms with Gasteiger partial charge < -0.3 is 4.89 Å². The van der Waals surface area contributed by atoms with E-state index in [1.165, 1.54) is 32.8 Å². The van der Waals surface area contributed by atoms with Crippen LogP contribution in [0.3, 0.4) is 0 Å². The Morgan fingerprint density at radius 2 is 2.08 bits per heavy atom. The quantitative estimate of drug-likeness (QED) is 0.704. The second-order valence-corrected chi connectivity index (χ2v) is 4.98. The van der Waals surface area contributed by atoms with E-state index in [1.54, 1.807) is 0 Å². The Morgan fingerprint density at radius 1 is 1.46 bits per heavy atom. The van der Waals surface area contributed by atoms with Crippen LogP contribution >= 0.6 is 7.82 Å². The second-order valence-electron chi connectivity index (χ2n) is 3.42. The predicted molar refractivity (Wildman–Crippen MR) is 49.4 cm³/mol. The number of rotatable bonds is 5. The van der Waals surface area contributed by atoms with Crippen molar-refractivity contribution in [1.29, 1.82) is 0 Å². The van der Waals surface area contributed by atoms with Crippen LogP contribution in [0.25, 0.3) is 0 Å². The first kappa shape index (κ1) is 11.2. The van der Waals surface area contributed by atoms with Gasteiger partial charge in [-0.05, 0) is 12.3 Å². The third kappa shape index (κ3) is 4.23. The van der Waals surface area contributed by atoms with Gasteiger partial charge in [0.05, 0.1) is 6.61 Å². The van der Waals surface area contributed by atoms with Crippen molar-refractivity contribution in [2.24, 2.45) is 5.92 Å². The first-order valence-electron chi connectivity index (χ1n) is 4.67. The van der Waals surface area contributed by atoms with E-state index >= 15 is 0 Å². The van der Waals surface area contributed by atoms with Crippen LogP contribution in [0.2, 0.25) is 0 Å². The molecular weight excluding hydrogens is 191 g/mol. The molecule has 0 amide bonds. The molecule has 1 rings (SSSR count). The third-order valence-electron chi connectivity index (χ3n) is 2.49. The molecule has 0 aromatic rings. The highest BCUT2D eigenvalue weighted by Crippen LogP contribution is 2.42. The number of hydrogen-bond acceptors (Lipinski definition) is 3. The van der Waals surface area contributed by atoms with Crippen LogP contribution in [-0.4, -0.2) is 18.6 Å². The van der Waals surface area contributed by atoms with Gasteiger partial charge >= 0.3 is 7.82 Å². The number of phosphoric ester groups is 1. The molecule has 0 saturated heterocycles. The Kier molecular flexibility index (Phi) is 4.39. The lowest BCUT2D eigenvalue weighted by Gasteiger charge is -2.11. The van der Waals surface area contributed by atoms with Crippen molar-refractivity contribution < 1.29 is 18.5 Å². The van der Waals surface area contributed by atoms with Gasteiger partial charge in [0.2, 0.25) is 0 Å². The molecule has 0 radical (unpaired) electrons. The maximum absolute atomic E-state index is 10.9. The van der Waals surface area contributed by atoms with Crippen LogP contribution in [0.5, 0.6) is 0 Å². The highest BCUT2D eigenvalue weighted by molar-refractivity contribution is 7.47. The minimum atomic E-state index is -3.73. The van der Waals surface area contributed by atoms with Gasteiger partial charge in [0, 0.05) is 7.11 Å².